The number of thioether (sulfide) groups is 1. The van der Waals surface area contributed by atoms with Gasteiger partial charge in [0.2, 0.25) is 0 Å². The van der Waals surface area contributed by atoms with Crippen LogP contribution >= 0.6 is 35.0 Å². The third kappa shape index (κ3) is 7.27. The second-order valence-corrected chi connectivity index (χ2v) is 15.5. The number of carboxylic acid groups (broad SMARTS) is 1. The van der Waals surface area contributed by atoms with Gasteiger partial charge in [-0.2, -0.15) is 0 Å². The van der Waals surface area contributed by atoms with Gasteiger partial charge in [-0.3, -0.25) is 14.5 Å². The van der Waals surface area contributed by atoms with Crippen LogP contribution in [0, 0.1) is 0 Å². The van der Waals surface area contributed by atoms with E-state index in [0.717, 1.165) is 21.6 Å². The molecule has 1 saturated heterocycles. The van der Waals surface area contributed by atoms with Crippen LogP contribution in [0.15, 0.2) is 154 Å². The molecule has 7 rings (SSSR count). The zero-order chi connectivity index (χ0) is 37.7. The first-order valence-electron chi connectivity index (χ1n) is 16.9. The van der Waals surface area contributed by atoms with Crippen LogP contribution in [0.2, 0.25) is 0 Å². The highest BCUT2D eigenvalue weighted by atomic mass is 32.2. The second kappa shape index (κ2) is 16.1. The molecule has 3 N–H and O–H groups in total. The Morgan fingerprint density at radius 2 is 1.54 bits per heavy atom. The first-order valence-corrected chi connectivity index (χ1v) is 19.6. The molecule has 3 aromatic carbocycles. The number of nitrogens with zero attached hydrogens (tertiary/aromatic N) is 4. The topological polar surface area (TPSA) is 137 Å². The van der Waals surface area contributed by atoms with Gasteiger partial charge in [0.15, 0.2) is 35.2 Å². The first-order chi connectivity index (χ1) is 26.3. The number of fused-ring (bicyclic) bond motifs is 1. The van der Waals surface area contributed by atoms with Crippen LogP contribution in [0.25, 0.3) is 0 Å². The van der Waals surface area contributed by atoms with E-state index in [0.29, 0.717) is 16.5 Å². The highest BCUT2D eigenvalue weighted by molar-refractivity contribution is 8.00. The summed E-state index contributed by atoms with van der Waals surface area (Å²) in [6.07, 6.45) is 5.57. The Morgan fingerprint density at radius 1 is 0.963 bits per heavy atom. The monoisotopic (exact) mass is 775 g/mol. The molecule has 2 aliphatic heterocycles. The van der Waals surface area contributed by atoms with Crippen molar-refractivity contribution in [3.05, 3.63) is 172 Å². The maximum Gasteiger partial charge on any atom is 0.352 e. The van der Waals surface area contributed by atoms with Crippen LogP contribution in [0.1, 0.15) is 29.3 Å². The third-order valence-corrected chi connectivity index (χ3v) is 11.8. The van der Waals surface area contributed by atoms with E-state index in [1.807, 2.05) is 96.1 Å². The molecule has 2 aromatic heterocycles. The number of carbonyl (C=O) groups is 3. The van der Waals surface area contributed by atoms with Crippen LogP contribution in [0.5, 0.6) is 0 Å². The quantitative estimate of drug-likeness (QED) is 0.0431. The third-order valence-electron chi connectivity index (χ3n) is 8.86. The van der Waals surface area contributed by atoms with E-state index in [1.54, 1.807) is 11.5 Å². The molecule has 0 spiro atoms. The maximum absolute atomic E-state index is 13.8. The molecule has 1 fully saturated rings. The minimum atomic E-state index is -1.21. The smallest absolute Gasteiger partial charge is 0.352 e. The molecule has 4 heterocycles. The molecule has 272 valence electrons. The maximum atomic E-state index is 13.8. The number of nitrogens with one attached hydrogen (secondary N) is 2. The predicted molar refractivity (Wildman–Crippen MR) is 212 cm³/mol. The summed E-state index contributed by atoms with van der Waals surface area (Å²) in [6.45, 7) is 1.88. The van der Waals surface area contributed by atoms with E-state index < -0.39 is 34.7 Å². The van der Waals surface area contributed by atoms with Crippen LogP contribution in [0.4, 0.5) is 5.13 Å². The fourth-order valence-electron chi connectivity index (χ4n) is 6.52. The molecule has 0 bridgehead atoms. The van der Waals surface area contributed by atoms with Crippen LogP contribution in [-0.2, 0) is 24.8 Å². The van der Waals surface area contributed by atoms with E-state index in [9.17, 15) is 19.5 Å². The van der Waals surface area contributed by atoms with Gasteiger partial charge in [-0.05, 0) is 35.3 Å². The summed E-state index contributed by atoms with van der Waals surface area (Å²) in [6, 6.07) is 34.9. The van der Waals surface area contributed by atoms with Crippen molar-refractivity contribution in [3.63, 3.8) is 0 Å². The number of aliphatic carboxylic acids is 1. The summed E-state index contributed by atoms with van der Waals surface area (Å²) < 4.78 is 1.90. The van der Waals surface area contributed by atoms with E-state index in [1.165, 1.54) is 47.1 Å². The first kappa shape index (κ1) is 36.6. The number of hydrogen-bond acceptors (Lipinski definition) is 10. The Bertz CT molecular complexity index is 2150. The van der Waals surface area contributed by atoms with Crippen molar-refractivity contribution < 1.29 is 28.3 Å². The van der Waals surface area contributed by atoms with Crippen molar-refractivity contribution in [2.45, 2.75) is 23.9 Å². The summed E-state index contributed by atoms with van der Waals surface area (Å²) in [5.41, 5.74) is 2.65. The number of oxime groups is 1. The Balaban J connectivity index is 1.13. The summed E-state index contributed by atoms with van der Waals surface area (Å²) in [4.78, 5) is 51.8. The van der Waals surface area contributed by atoms with E-state index in [2.05, 4.69) is 52.2 Å². The van der Waals surface area contributed by atoms with E-state index in [-0.39, 0.29) is 17.1 Å². The average molecular weight is 776 g/mol. The van der Waals surface area contributed by atoms with E-state index in [4.69, 9.17) is 9.82 Å². The fraction of sp³-hybridized carbons (Fsp3) is 0.150. The highest BCUT2D eigenvalue weighted by Gasteiger charge is 2.54. The van der Waals surface area contributed by atoms with Crippen molar-refractivity contribution in [3.8, 4) is 0 Å². The number of rotatable bonds is 13. The van der Waals surface area contributed by atoms with Crippen LogP contribution in [0.3, 0.4) is 0 Å². The fourth-order valence-corrected chi connectivity index (χ4v) is 9.37. The lowest BCUT2D eigenvalue weighted by molar-refractivity contribution is -0.493. The zero-order valence-electron chi connectivity index (χ0n) is 29.2. The molecule has 2 aliphatic rings. The normalized spacial score (nSPS) is 17.4. The molecule has 0 radical (unpaired) electrons. The number of pyridine rings is 1. The molecule has 54 heavy (non-hydrogen) atoms. The lowest BCUT2D eigenvalue weighted by Gasteiger charge is -2.49. The number of carboxylic acids is 1. The number of benzene rings is 3. The minimum Gasteiger partial charge on any atom is -0.477 e. The average Bonchev–Trinajstić information content (AvgIpc) is 3.67. The standard InChI is InChI=1S/C40H34N6O5S3/c1-26(54-45-21-13-6-14-22-45)23-27-24-52-37-33(36(48)46(37)34(27)38(49)50)42-35(47)32(44-51-2)31-25-53-39(41-31)43-40(28-15-7-3-8-16-28,29-17-9-4-10-18-29)30-19-11-5-12-20-30/h3-23,25,33,37H,24H2,1-2H3,(H2-,41,42,43,47,49,50)/p+1/t33?,37-/m0/s1. The van der Waals surface area contributed by atoms with Crippen LogP contribution < -0.4 is 14.6 Å². The minimum absolute atomic E-state index is 0.0907. The van der Waals surface area contributed by atoms with Gasteiger partial charge >= 0.3 is 5.97 Å². The molecule has 0 aliphatic carbocycles. The van der Waals surface area contributed by atoms with Crippen molar-refractivity contribution in [1.29, 1.82) is 0 Å². The summed E-state index contributed by atoms with van der Waals surface area (Å²) >= 11 is 4.12. The number of hydrogen-bond donors (Lipinski definition) is 3. The van der Waals surface area contributed by atoms with Gasteiger partial charge in [0, 0.05) is 23.3 Å². The van der Waals surface area contributed by atoms with Gasteiger partial charge in [0.25, 0.3) is 11.8 Å². The molecule has 1 unspecified atom stereocenters. The molecule has 14 heteroatoms. The molecule has 2 atom stereocenters. The Labute approximate surface area is 324 Å². The summed E-state index contributed by atoms with van der Waals surface area (Å²) in [5, 5.41) is 22.3. The second-order valence-electron chi connectivity index (χ2n) is 12.3. The molecular formula is C40H35N6O5S3+. The van der Waals surface area contributed by atoms with Crippen molar-refractivity contribution in [1.82, 2.24) is 15.2 Å². The molecule has 5 aromatic rings. The van der Waals surface area contributed by atoms with Gasteiger partial charge in [-0.15, -0.1) is 27.1 Å². The zero-order valence-corrected chi connectivity index (χ0v) is 31.6. The summed E-state index contributed by atoms with van der Waals surface area (Å²) in [5.74, 6) is -2.07. The van der Waals surface area contributed by atoms with Crippen LogP contribution in [-0.4, -0.2) is 62.8 Å². The van der Waals surface area contributed by atoms with Gasteiger partial charge in [-0.1, -0.05) is 102 Å². The molecule has 11 nitrogen and oxygen atoms in total. The number of thiazole rings is 1. The van der Waals surface area contributed by atoms with Gasteiger partial charge < -0.3 is 20.6 Å². The van der Waals surface area contributed by atoms with Crippen molar-refractivity contribution in [2.24, 2.45) is 5.16 Å². The lowest BCUT2D eigenvalue weighted by atomic mass is 9.77. The van der Waals surface area contributed by atoms with Gasteiger partial charge in [0.1, 0.15) is 35.5 Å². The number of β-lactam (4-membered cyclic amide) rings is 1. The Kier molecular flexibility index (Phi) is 10.9. The molecule has 2 amide bonds. The molecular weight excluding hydrogens is 741 g/mol. The number of anilines is 1. The number of allylic oxidation sites excluding steroid dienone is 2. The van der Waals surface area contributed by atoms with Crippen molar-refractivity contribution >= 4 is 63.7 Å². The Hall–Kier alpha value is -5.70. The van der Waals surface area contributed by atoms with Crippen molar-refractivity contribution in [2.75, 3.05) is 18.2 Å². The summed E-state index contributed by atoms with van der Waals surface area (Å²) in [7, 11) is 1.33. The van der Waals surface area contributed by atoms with E-state index >= 15 is 0 Å². The number of carbonyl (C=O) groups excluding carboxylic acids is 2. The predicted octanol–water partition coefficient (Wildman–Crippen LogP) is 6.02. The number of aromatic nitrogens is 2. The molecule has 0 saturated carbocycles. The number of amides is 2. The lowest BCUT2D eigenvalue weighted by Crippen LogP contribution is -2.71. The highest BCUT2D eigenvalue weighted by Crippen LogP contribution is 2.42. The SMILES string of the molecule is CON=C(C(=O)NC1C(=O)N2C(C(=O)O)=C(C=C(C)S[n+]3ccccc3)CS[C@@H]12)c1csc(NC(c2ccccc2)(c2ccccc2)c2ccccc2)n1. The largest absolute Gasteiger partial charge is 0.477 e. The van der Waals surface area contributed by atoms with Gasteiger partial charge in [0.05, 0.1) is 4.91 Å². The Morgan fingerprint density at radius 3 is 2.09 bits per heavy atom. The van der Waals surface area contributed by atoms with Gasteiger partial charge in [-0.25, -0.2) is 9.78 Å².